The Morgan fingerprint density at radius 1 is 0.967 bits per heavy atom. The molecule has 4 rings (SSSR count). The molecule has 0 atom stereocenters. The standard InChI is InChI=1S/C24H22N2O3S/c1-16-5-8-19(9-6-16)25-24(30)22(26-11-3-4-17(2)15-26)23(27)18-7-10-20-21(14-18)29-13-12-28-20/h3-11,14-15H,12-13H2,1-2H3,(H-,25,27,30)/p+1. The third kappa shape index (κ3) is 4.28. The van der Waals surface area contributed by atoms with Crippen LogP contribution in [0.5, 0.6) is 11.5 Å². The highest BCUT2D eigenvalue weighted by atomic mass is 32.1. The Bertz CT molecular complexity index is 1120. The molecular weight excluding hydrogens is 396 g/mol. The first-order valence-electron chi connectivity index (χ1n) is 9.71. The van der Waals surface area contributed by atoms with E-state index in [-0.39, 0.29) is 5.76 Å². The lowest BCUT2D eigenvalue weighted by Gasteiger charge is -2.19. The second kappa shape index (κ2) is 8.55. The number of nitrogens with one attached hydrogen (secondary N) is 1. The molecule has 3 aromatic rings. The van der Waals surface area contributed by atoms with E-state index in [4.69, 9.17) is 21.7 Å². The number of hydrogen-bond acceptors (Lipinski definition) is 4. The van der Waals surface area contributed by atoms with Crippen LogP contribution in [0.25, 0.3) is 11.5 Å². The molecule has 6 heteroatoms. The molecule has 0 bridgehead atoms. The third-order valence-corrected chi connectivity index (χ3v) is 5.07. The lowest BCUT2D eigenvalue weighted by atomic mass is 10.1. The van der Waals surface area contributed by atoms with Crippen molar-refractivity contribution >= 4 is 34.3 Å². The molecule has 0 unspecified atom stereocenters. The summed E-state index contributed by atoms with van der Waals surface area (Å²) in [6.07, 6.45) is 3.78. The van der Waals surface area contributed by atoms with Gasteiger partial charge in [0, 0.05) is 22.9 Å². The van der Waals surface area contributed by atoms with Crippen LogP contribution < -0.4 is 19.4 Å². The molecule has 1 aliphatic rings. The van der Waals surface area contributed by atoms with E-state index in [1.165, 1.54) is 0 Å². The minimum atomic E-state index is 0.0483. The number of hydrogen-bond donors (Lipinski definition) is 2. The van der Waals surface area contributed by atoms with Crippen LogP contribution in [-0.2, 0) is 0 Å². The second-order valence-corrected chi connectivity index (χ2v) is 7.57. The van der Waals surface area contributed by atoms with Crippen LogP contribution in [0.3, 0.4) is 0 Å². The summed E-state index contributed by atoms with van der Waals surface area (Å²) in [5.74, 6) is 1.33. The monoisotopic (exact) mass is 419 g/mol. The summed E-state index contributed by atoms with van der Waals surface area (Å²) in [7, 11) is 0. The van der Waals surface area contributed by atoms with Crippen LogP contribution in [0.4, 0.5) is 5.69 Å². The highest BCUT2D eigenvalue weighted by molar-refractivity contribution is 7.81. The molecule has 0 saturated heterocycles. The van der Waals surface area contributed by atoms with Crippen molar-refractivity contribution in [3.63, 3.8) is 0 Å². The first kappa shape index (κ1) is 19.9. The summed E-state index contributed by atoms with van der Waals surface area (Å²) >= 11 is 5.71. The van der Waals surface area contributed by atoms with Crippen LogP contribution in [0.2, 0.25) is 0 Å². The van der Waals surface area contributed by atoms with Gasteiger partial charge >= 0.3 is 0 Å². The Kier molecular flexibility index (Phi) is 5.68. The summed E-state index contributed by atoms with van der Waals surface area (Å²) in [5.41, 5.74) is 4.13. The van der Waals surface area contributed by atoms with E-state index >= 15 is 0 Å². The number of thiocarbonyl (C=S) groups is 1. The van der Waals surface area contributed by atoms with Gasteiger partial charge in [-0.1, -0.05) is 29.9 Å². The average Bonchev–Trinajstić information content (AvgIpc) is 2.75. The third-order valence-electron chi connectivity index (χ3n) is 4.77. The van der Waals surface area contributed by atoms with Crippen molar-refractivity contribution in [3.8, 4) is 11.5 Å². The first-order chi connectivity index (χ1) is 14.5. The first-order valence-corrected chi connectivity index (χ1v) is 10.1. The fourth-order valence-corrected chi connectivity index (χ4v) is 3.55. The van der Waals surface area contributed by atoms with Crippen molar-refractivity contribution in [2.24, 2.45) is 0 Å². The van der Waals surface area contributed by atoms with E-state index in [0.717, 1.165) is 16.8 Å². The maximum atomic E-state index is 11.3. The Morgan fingerprint density at radius 2 is 1.70 bits per heavy atom. The Morgan fingerprint density at radius 3 is 2.43 bits per heavy atom. The molecule has 2 N–H and O–H groups in total. The van der Waals surface area contributed by atoms with Crippen LogP contribution in [-0.4, -0.2) is 23.3 Å². The van der Waals surface area contributed by atoms with Gasteiger partial charge in [-0.25, -0.2) is 0 Å². The maximum Gasteiger partial charge on any atom is 0.288 e. The Labute approximate surface area is 181 Å². The van der Waals surface area contributed by atoms with E-state index in [9.17, 15) is 5.11 Å². The number of benzene rings is 2. The van der Waals surface area contributed by atoms with Crippen molar-refractivity contribution in [2.75, 3.05) is 18.5 Å². The average molecular weight is 420 g/mol. The molecule has 2 aromatic carbocycles. The molecule has 2 heterocycles. The second-order valence-electron chi connectivity index (χ2n) is 7.16. The Balaban J connectivity index is 1.78. The topological polar surface area (TPSA) is 54.6 Å². The summed E-state index contributed by atoms with van der Waals surface area (Å²) in [6.45, 7) is 5.02. The van der Waals surface area contributed by atoms with Gasteiger partial charge in [0.2, 0.25) is 0 Å². The van der Waals surface area contributed by atoms with Gasteiger partial charge in [0.1, 0.15) is 13.2 Å². The van der Waals surface area contributed by atoms with Crippen molar-refractivity contribution in [1.29, 1.82) is 0 Å². The number of aryl methyl sites for hydroxylation is 2. The molecule has 0 aliphatic carbocycles. The van der Waals surface area contributed by atoms with Crippen molar-refractivity contribution in [3.05, 3.63) is 83.7 Å². The fraction of sp³-hybridized carbons (Fsp3) is 0.167. The molecule has 0 spiro atoms. The van der Waals surface area contributed by atoms with Gasteiger partial charge in [0.25, 0.3) is 5.70 Å². The van der Waals surface area contributed by atoms with Gasteiger partial charge in [-0.2, -0.15) is 4.57 Å². The molecule has 0 fully saturated rings. The van der Waals surface area contributed by atoms with Crippen LogP contribution in [0.1, 0.15) is 16.7 Å². The number of rotatable bonds is 4. The number of pyridine rings is 1. The van der Waals surface area contributed by atoms with Gasteiger partial charge in [-0.3, -0.25) is 0 Å². The number of aliphatic hydroxyl groups is 1. The zero-order valence-corrected chi connectivity index (χ0v) is 17.7. The fourth-order valence-electron chi connectivity index (χ4n) is 3.23. The lowest BCUT2D eigenvalue weighted by molar-refractivity contribution is -0.576. The zero-order chi connectivity index (χ0) is 21.1. The molecule has 0 amide bonds. The summed E-state index contributed by atoms with van der Waals surface area (Å²) in [4.78, 5) is 0.404. The highest BCUT2D eigenvalue weighted by Crippen LogP contribution is 2.33. The predicted octanol–water partition coefficient (Wildman–Crippen LogP) is 4.69. The molecule has 30 heavy (non-hydrogen) atoms. The molecule has 1 aliphatic heterocycles. The van der Waals surface area contributed by atoms with Gasteiger partial charge in [0.15, 0.2) is 34.6 Å². The quantitative estimate of drug-likeness (QED) is 0.278. The molecule has 152 valence electrons. The largest absolute Gasteiger partial charge is 0.502 e. The van der Waals surface area contributed by atoms with Gasteiger partial charge < -0.3 is 19.9 Å². The van der Waals surface area contributed by atoms with Crippen LogP contribution in [0, 0.1) is 13.8 Å². The van der Waals surface area contributed by atoms with E-state index in [1.54, 1.807) is 18.2 Å². The van der Waals surface area contributed by atoms with Gasteiger partial charge in [-0.05, 0) is 50.2 Å². The summed E-state index contributed by atoms with van der Waals surface area (Å²) in [5, 5.41) is 14.5. The number of aromatic nitrogens is 1. The SMILES string of the molecule is Cc1ccc(NC(=S)C(=C(O)c2ccc3c(c2)OCCO3)[n+]2cccc(C)c2)cc1. The van der Waals surface area contributed by atoms with Crippen molar-refractivity contribution in [2.45, 2.75) is 13.8 Å². The molecule has 1 aromatic heterocycles. The molecule has 0 saturated carbocycles. The molecular formula is C24H23N2O3S+. The van der Waals surface area contributed by atoms with E-state index in [1.807, 2.05) is 67.2 Å². The number of anilines is 1. The van der Waals surface area contributed by atoms with E-state index < -0.39 is 0 Å². The number of ether oxygens (including phenoxy) is 2. The predicted molar refractivity (Wildman–Crippen MR) is 122 cm³/mol. The van der Waals surface area contributed by atoms with Crippen molar-refractivity contribution < 1.29 is 19.1 Å². The maximum absolute atomic E-state index is 11.3. The summed E-state index contributed by atoms with van der Waals surface area (Å²) in [6, 6.07) is 17.2. The molecule has 5 nitrogen and oxygen atoms in total. The van der Waals surface area contributed by atoms with Crippen LogP contribution in [0.15, 0.2) is 67.0 Å². The van der Waals surface area contributed by atoms with E-state index in [2.05, 4.69) is 5.32 Å². The normalized spacial score (nSPS) is 13.4. The van der Waals surface area contributed by atoms with Gasteiger partial charge in [0.05, 0.1) is 0 Å². The minimum absolute atomic E-state index is 0.0483. The number of nitrogens with zero attached hydrogens (tertiary/aromatic N) is 1. The van der Waals surface area contributed by atoms with Gasteiger partial charge in [-0.15, -0.1) is 0 Å². The zero-order valence-electron chi connectivity index (χ0n) is 16.9. The summed E-state index contributed by atoms with van der Waals surface area (Å²) < 4.78 is 13.1. The smallest absolute Gasteiger partial charge is 0.288 e. The molecule has 0 radical (unpaired) electrons. The number of fused-ring (bicyclic) bond motifs is 1. The minimum Gasteiger partial charge on any atom is -0.502 e. The van der Waals surface area contributed by atoms with Crippen molar-refractivity contribution in [1.82, 2.24) is 0 Å². The Hall–Kier alpha value is -3.38. The highest BCUT2D eigenvalue weighted by Gasteiger charge is 2.25. The lowest BCUT2D eigenvalue weighted by Crippen LogP contribution is -2.38. The van der Waals surface area contributed by atoms with Crippen LogP contribution >= 0.6 is 12.2 Å². The number of aliphatic hydroxyl groups excluding tert-OH is 1. The van der Waals surface area contributed by atoms with E-state index in [0.29, 0.717) is 41.0 Å².